The zero-order valence-corrected chi connectivity index (χ0v) is 15.9. The van der Waals surface area contributed by atoms with Gasteiger partial charge in [0, 0.05) is 23.3 Å². The Hall–Kier alpha value is -3.00. The smallest absolute Gasteiger partial charge is 0.276 e. The Kier molecular flexibility index (Phi) is 5.48. The number of nitrogens with zero attached hydrogens (tertiary/aromatic N) is 4. The van der Waals surface area contributed by atoms with Crippen LogP contribution >= 0.6 is 11.8 Å². The first kappa shape index (κ1) is 18.4. The third kappa shape index (κ3) is 4.28. The van der Waals surface area contributed by atoms with Crippen molar-refractivity contribution in [3.63, 3.8) is 0 Å². The van der Waals surface area contributed by atoms with Gasteiger partial charge in [0.2, 0.25) is 17.6 Å². The van der Waals surface area contributed by atoms with Crippen LogP contribution in [0.2, 0.25) is 0 Å². The molecule has 4 rings (SSSR count). The van der Waals surface area contributed by atoms with E-state index < -0.39 is 0 Å². The van der Waals surface area contributed by atoms with Crippen molar-refractivity contribution >= 4 is 11.8 Å². The molecule has 0 N–H and O–H groups in total. The lowest BCUT2D eigenvalue weighted by molar-refractivity contribution is 0.378. The molecule has 0 saturated heterocycles. The van der Waals surface area contributed by atoms with Crippen LogP contribution in [-0.2, 0) is 6.42 Å². The molecule has 4 aromatic rings. The van der Waals surface area contributed by atoms with Crippen LogP contribution in [0.4, 0.5) is 4.39 Å². The molecule has 0 bridgehead atoms. The van der Waals surface area contributed by atoms with Gasteiger partial charge < -0.3 is 8.94 Å². The van der Waals surface area contributed by atoms with Gasteiger partial charge in [0.1, 0.15) is 5.82 Å². The predicted octanol–water partition coefficient (Wildman–Crippen LogP) is 4.96. The fourth-order valence-electron chi connectivity index (χ4n) is 2.55. The normalized spacial score (nSPS) is 11.1. The molecular weight excluding hydrogens is 379 g/mol. The topological polar surface area (TPSA) is 77.8 Å². The van der Waals surface area contributed by atoms with Gasteiger partial charge in [-0.15, -0.1) is 10.2 Å². The van der Waals surface area contributed by atoms with Crippen LogP contribution in [0.5, 0.6) is 0 Å². The van der Waals surface area contributed by atoms with Crippen LogP contribution in [0.15, 0.2) is 62.7 Å². The molecule has 0 atom stereocenters. The maximum absolute atomic E-state index is 13.7. The molecule has 0 amide bonds. The zero-order valence-electron chi connectivity index (χ0n) is 15.1. The summed E-state index contributed by atoms with van der Waals surface area (Å²) in [5, 5.41) is 12.6. The Morgan fingerprint density at radius 3 is 2.71 bits per heavy atom. The molecule has 0 aliphatic carbocycles. The van der Waals surface area contributed by atoms with E-state index in [1.165, 1.54) is 17.8 Å². The van der Waals surface area contributed by atoms with Crippen LogP contribution in [0.25, 0.3) is 22.8 Å². The molecule has 8 heteroatoms. The second kappa shape index (κ2) is 8.35. The third-order valence-electron chi connectivity index (χ3n) is 4.09. The highest BCUT2D eigenvalue weighted by Crippen LogP contribution is 2.24. The maximum atomic E-state index is 13.7. The van der Waals surface area contributed by atoms with Crippen LogP contribution in [0, 0.1) is 12.7 Å². The van der Waals surface area contributed by atoms with E-state index in [0.717, 1.165) is 17.7 Å². The highest BCUT2D eigenvalue weighted by molar-refractivity contribution is 7.99. The van der Waals surface area contributed by atoms with Crippen molar-refractivity contribution in [2.24, 2.45) is 0 Å². The summed E-state index contributed by atoms with van der Waals surface area (Å²) in [4.78, 5) is 4.33. The summed E-state index contributed by atoms with van der Waals surface area (Å²) in [5.74, 6) is 1.91. The monoisotopic (exact) mass is 396 g/mol. The molecule has 0 fully saturated rings. The fourth-order valence-corrected chi connectivity index (χ4v) is 3.25. The summed E-state index contributed by atoms with van der Waals surface area (Å²) in [6.07, 6.45) is 1.42. The van der Waals surface area contributed by atoms with E-state index in [1.54, 1.807) is 19.1 Å². The summed E-state index contributed by atoms with van der Waals surface area (Å²) in [6, 6.07) is 14.5. The Balaban J connectivity index is 1.29. The molecular formula is C20H17FN4O2S. The summed E-state index contributed by atoms with van der Waals surface area (Å²) >= 11 is 1.48. The summed E-state index contributed by atoms with van der Waals surface area (Å²) in [6.45, 7) is 1.71. The van der Waals surface area contributed by atoms with E-state index >= 15 is 0 Å². The van der Waals surface area contributed by atoms with Crippen molar-refractivity contribution in [2.45, 2.75) is 25.0 Å². The van der Waals surface area contributed by atoms with Gasteiger partial charge in [-0.2, -0.15) is 4.98 Å². The van der Waals surface area contributed by atoms with Crippen molar-refractivity contribution in [1.29, 1.82) is 0 Å². The number of aryl methyl sites for hydroxylation is 2. The summed E-state index contributed by atoms with van der Waals surface area (Å²) in [7, 11) is 0. The fraction of sp³-hybridized carbons (Fsp3) is 0.200. The predicted molar refractivity (Wildman–Crippen MR) is 103 cm³/mol. The second-order valence-corrected chi connectivity index (χ2v) is 7.21. The lowest BCUT2D eigenvalue weighted by Gasteiger charge is -1.97. The average molecular weight is 396 g/mol. The molecule has 2 aromatic carbocycles. The molecule has 28 heavy (non-hydrogen) atoms. The van der Waals surface area contributed by atoms with Crippen molar-refractivity contribution in [3.05, 3.63) is 65.8 Å². The van der Waals surface area contributed by atoms with Gasteiger partial charge in [-0.1, -0.05) is 47.3 Å². The summed E-state index contributed by atoms with van der Waals surface area (Å²) in [5.41, 5.74) is 2.08. The molecule has 0 aliphatic rings. The molecule has 2 heterocycles. The van der Waals surface area contributed by atoms with Gasteiger partial charge in [0.25, 0.3) is 5.22 Å². The molecule has 2 aromatic heterocycles. The lowest BCUT2D eigenvalue weighted by Crippen LogP contribution is -1.89. The minimum Gasteiger partial charge on any atom is -0.411 e. The van der Waals surface area contributed by atoms with Gasteiger partial charge in [-0.3, -0.25) is 0 Å². The largest absolute Gasteiger partial charge is 0.411 e. The minimum absolute atomic E-state index is 0.283. The highest BCUT2D eigenvalue weighted by Gasteiger charge is 2.12. The number of halogens is 1. The SMILES string of the molecule is Cc1ccc(-c2noc(CCCSc3nnc(-c4ccccc4)o3)n2)cc1F. The third-order valence-corrected chi connectivity index (χ3v) is 4.99. The van der Waals surface area contributed by atoms with Crippen LogP contribution in [0.3, 0.4) is 0 Å². The number of hydrogen-bond acceptors (Lipinski definition) is 7. The Bertz CT molecular complexity index is 1070. The number of hydrogen-bond donors (Lipinski definition) is 0. The van der Waals surface area contributed by atoms with E-state index in [-0.39, 0.29) is 5.82 Å². The van der Waals surface area contributed by atoms with Crippen molar-refractivity contribution < 1.29 is 13.3 Å². The first-order chi connectivity index (χ1) is 13.7. The van der Waals surface area contributed by atoms with Crippen LogP contribution in [-0.4, -0.2) is 26.1 Å². The van der Waals surface area contributed by atoms with Crippen LogP contribution < -0.4 is 0 Å². The molecule has 0 unspecified atom stereocenters. The van der Waals surface area contributed by atoms with E-state index in [2.05, 4.69) is 20.3 Å². The number of benzene rings is 2. The average Bonchev–Trinajstić information content (AvgIpc) is 3.38. The molecule has 0 saturated carbocycles. The van der Waals surface area contributed by atoms with Crippen molar-refractivity contribution in [1.82, 2.24) is 20.3 Å². The first-order valence-corrected chi connectivity index (χ1v) is 9.78. The van der Waals surface area contributed by atoms with Gasteiger partial charge in [0.15, 0.2) is 0 Å². The zero-order chi connectivity index (χ0) is 19.3. The van der Waals surface area contributed by atoms with E-state index in [1.807, 2.05) is 30.3 Å². The van der Waals surface area contributed by atoms with E-state index in [4.69, 9.17) is 8.94 Å². The molecule has 0 aliphatic heterocycles. The van der Waals surface area contributed by atoms with Crippen molar-refractivity contribution in [2.75, 3.05) is 5.75 Å². The standard InChI is InChI=1S/C20H17FN4O2S/c1-13-9-10-15(12-16(13)21)18-22-17(27-25-18)8-5-11-28-20-24-23-19(26-20)14-6-3-2-4-7-14/h2-4,6-7,9-10,12H,5,8,11H2,1H3. The first-order valence-electron chi connectivity index (χ1n) is 8.80. The van der Waals surface area contributed by atoms with Crippen LogP contribution in [0.1, 0.15) is 17.9 Å². The van der Waals surface area contributed by atoms with E-state index in [0.29, 0.717) is 40.4 Å². The lowest BCUT2D eigenvalue weighted by atomic mass is 10.1. The maximum Gasteiger partial charge on any atom is 0.276 e. The molecule has 0 radical (unpaired) electrons. The Morgan fingerprint density at radius 2 is 1.89 bits per heavy atom. The Morgan fingerprint density at radius 1 is 1.04 bits per heavy atom. The summed E-state index contributed by atoms with van der Waals surface area (Å²) < 4.78 is 24.6. The van der Waals surface area contributed by atoms with Gasteiger partial charge in [-0.05, 0) is 37.1 Å². The number of aromatic nitrogens is 4. The van der Waals surface area contributed by atoms with E-state index in [9.17, 15) is 4.39 Å². The second-order valence-electron chi connectivity index (χ2n) is 6.17. The minimum atomic E-state index is -0.283. The number of rotatable bonds is 7. The van der Waals surface area contributed by atoms with Gasteiger partial charge in [0.05, 0.1) is 0 Å². The molecule has 142 valence electrons. The quantitative estimate of drug-likeness (QED) is 0.323. The number of thioether (sulfide) groups is 1. The molecule has 6 nitrogen and oxygen atoms in total. The Labute approximate surface area is 165 Å². The molecule has 0 spiro atoms. The van der Waals surface area contributed by atoms with Gasteiger partial charge in [-0.25, -0.2) is 4.39 Å². The highest BCUT2D eigenvalue weighted by atomic mass is 32.2. The van der Waals surface area contributed by atoms with Gasteiger partial charge >= 0.3 is 0 Å². The van der Waals surface area contributed by atoms with Crippen molar-refractivity contribution in [3.8, 4) is 22.8 Å².